The van der Waals surface area contributed by atoms with Gasteiger partial charge in [0.05, 0.1) is 6.04 Å². The largest absolute Gasteiger partial charge is 0.486 e. The van der Waals surface area contributed by atoms with Gasteiger partial charge in [0, 0.05) is 13.1 Å². The summed E-state index contributed by atoms with van der Waals surface area (Å²) in [7, 11) is 0. The molecule has 6 nitrogen and oxygen atoms in total. The van der Waals surface area contributed by atoms with Gasteiger partial charge in [-0.1, -0.05) is 30.3 Å². The molecule has 0 N–H and O–H groups in total. The lowest BCUT2D eigenvalue weighted by atomic mass is 9.86. The molecule has 2 aromatic carbocycles. The molecule has 1 amide bonds. The summed E-state index contributed by atoms with van der Waals surface area (Å²) >= 11 is 0. The zero-order valence-corrected chi connectivity index (χ0v) is 17.7. The molecule has 2 aromatic rings. The first-order valence-corrected chi connectivity index (χ1v) is 11.4. The molecule has 0 spiro atoms. The number of hydrogen-bond acceptors (Lipinski definition) is 5. The Morgan fingerprint density at radius 1 is 0.968 bits per heavy atom. The van der Waals surface area contributed by atoms with E-state index in [4.69, 9.17) is 14.2 Å². The molecule has 0 aromatic heterocycles. The minimum atomic E-state index is -0.201. The van der Waals surface area contributed by atoms with Crippen molar-refractivity contribution in [1.29, 1.82) is 0 Å². The Hall–Kier alpha value is -2.73. The van der Waals surface area contributed by atoms with Crippen molar-refractivity contribution < 1.29 is 19.0 Å². The fourth-order valence-corrected chi connectivity index (χ4v) is 5.59. The first-order chi connectivity index (χ1) is 15.3. The van der Waals surface area contributed by atoms with Gasteiger partial charge in [-0.15, -0.1) is 0 Å². The van der Waals surface area contributed by atoms with E-state index in [0.29, 0.717) is 25.7 Å². The van der Waals surface area contributed by atoms with Gasteiger partial charge >= 0.3 is 6.09 Å². The van der Waals surface area contributed by atoms with Crippen LogP contribution in [0.25, 0.3) is 0 Å². The molecule has 5 aliphatic rings. The Kier molecular flexibility index (Phi) is 4.75. The fourth-order valence-electron chi connectivity index (χ4n) is 5.59. The predicted molar refractivity (Wildman–Crippen MR) is 116 cm³/mol. The molecular formula is C25H28N2O4. The summed E-state index contributed by atoms with van der Waals surface area (Å²) in [5.41, 5.74) is 3.48. The number of carbonyl (C=O) groups is 1. The van der Waals surface area contributed by atoms with E-state index in [1.54, 1.807) is 0 Å². The smallest absolute Gasteiger partial charge is 0.410 e. The van der Waals surface area contributed by atoms with Gasteiger partial charge in [0.25, 0.3) is 0 Å². The van der Waals surface area contributed by atoms with E-state index < -0.39 is 0 Å². The Balaban J connectivity index is 1.32. The number of hydrogen-bond donors (Lipinski definition) is 0. The third kappa shape index (κ3) is 3.43. The normalized spacial score (nSPS) is 28.7. The number of rotatable bonds is 2. The highest BCUT2D eigenvalue weighted by Crippen LogP contribution is 2.40. The molecule has 0 unspecified atom stereocenters. The fraction of sp³-hybridized carbons (Fsp3) is 0.480. The van der Waals surface area contributed by atoms with Crippen LogP contribution in [0.2, 0.25) is 0 Å². The first kappa shape index (κ1) is 19.0. The molecule has 2 atom stereocenters. The highest BCUT2D eigenvalue weighted by molar-refractivity contribution is 5.70. The molecule has 3 saturated heterocycles. The molecule has 0 aliphatic carbocycles. The number of carbonyl (C=O) groups excluding carboxylic acids is 1. The van der Waals surface area contributed by atoms with Gasteiger partial charge in [0.2, 0.25) is 0 Å². The summed E-state index contributed by atoms with van der Waals surface area (Å²) in [4.78, 5) is 17.8. The summed E-state index contributed by atoms with van der Waals surface area (Å²) in [6.45, 7) is 4.90. The number of amides is 1. The monoisotopic (exact) mass is 420 g/mol. The van der Waals surface area contributed by atoms with Crippen LogP contribution < -0.4 is 9.47 Å². The van der Waals surface area contributed by atoms with E-state index >= 15 is 0 Å². The second-order valence-electron chi connectivity index (χ2n) is 9.01. The van der Waals surface area contributed by atoms with Crippen molar-refractivity contribution in [2.75, 3.05) is 39.4 Å². The zero-order valence-electron chi connectivity index (χ0n) is 17.7. The van der Waals surface area contributed by atoms with Gasteiger partial charge in [-0.3, -0.25) is 9.80 Å². The molecule has 3 fully saturated rings. The SMILES string of the molecule is O=C(O[C@@H]1CN2CCC1CC2)N1CCc2ccccc2[C@H]1c1ccc2c(c1)OCCO2. The molecular weight excluding hydrogens is 392 g/mol. The van der Waals surface area contributed by atoms with Crippen molar-refractivity contribution in [1.82, 2.24) is 9.80 Å². The van der Waals surface area contributed by atoms with E-state index in [2.05, 4.69) is 29.2 Å². The van der Waals surface area contributed by atoms with Crippen molar-refractivity contribution >= 4 is 6.09 Å². The van der Waals surface area contributed by atoms with Crippen molar-refractivity contribution in [2.45, 2.75) is 31.4 Å². The Bertz CT molecular complexity index is 985. The summed E-state index contributed by atoms with van der Waals surface area (Å²) in [5, 5.41) is 0. The van der Waals surface area contributed by atoms with E-state index in [0.717, 1.165) is 61.5 Å². The van der Waals surface area contributed by atoms with E-state index in [1.165, 1.54) is 5.56 Å². The maximum Gasteiger partial charge on any atom is 0.410 e. The van der Waals surface area contributed by atoms with Crippen LogP contribution in [0.4, 0.5) is 4.79 Å². The first-order valence-electron chi connectivity index (χ1n) is 11.4. The summed E-state index contributed by atoms with van der Waals surface area (Å²) in [6, 6.07) is 14.3. The topological polar surface area (TPSA) is 51.2 Å². The van der Waals surface area contributed by atoms with Crippen LogP contribution in [0.5, 0.6) is 11.5 Å². The molecule has 0 saturated carbocycles. The quantitative estimate of drug-likeness (QED) is 0.743. The summed E-state index contributed by atoms with van der Waals surface area (Å²) in [6.07, 6.45) is 2.91. The average Bonchev–Trinajstić information content (AvgIpc) is 2.83. The predicted octanol–water partition coefficient (Wildman–Crippen LogP) is 3.64. The highest BCUT2D eigenvalue weighted by atomic mass is 16.6. The van der Waals surface area contributed by atoms with Crippen molar-refractivity contribution in [3.05, 3.63) is 59.2 Å². The van der Waals surface area contributed by atoms with Gasteiger partial charge in [-0.25, -0.2) is 4.79 Å². The minimum absolute atomic E-state index is 0.00749. The van der Waals surface area contributed by atoms with Crippen molar-refractivity contribution in [3.63, 3.8) is 0 Å². The standard InChI is InChI=1S/C25H28N2O4/c28-25(31-23-16-26-10-7-18(23)8-11-26)27-12-9-17-3-1-2-4-20(17)24(27)19-5-6-21-22(15-19)30-14-13-29-21/h1-6,15,18,23-24H,7-14,16H2/t23-,24-/m1/s1. The lowest BCUT2D eigenvalue weighted by Gasteiger charge is -2.45. The third-order valence-electron chi connectivity index (χ3n) is 7.25. The maximum atomic E-state index is 13.5. The third-order valence-corrected chi connectivity index (χ3v) is 7.25. The molecule has 6 heteroatoms. The molecule has 7 rings (SSSR count). The molecule has 2 bridgehead atoms. The van der Waals surface area contributed by atoms with E-state index in [9.17, 15) is 4.79 Å². The van der Waals surface area contributed by atoms with Gasteiger partial charge in [0.15, 0.2) is 11.5 Å². The number of nitrogens with zero attached hydrogens (tertiary/aromatic N) is 2. The average molecular weight is 421 g/mol. The second-order valence-corrected chi connectivity index (χ2v) is 9.01. The van der Waals surface area contributed by atoms with Gasteiger partial charge < -0.3 is 14.2 Å². The summed E-state index contributed by atoms with van der Waals surface area (Å²) < 4.78 is 17.7. The van der Waals surface area contributed by atoms with Crippen LogP contribution in [0.1, 0.15) is 35.6 Å². The summed E-state index contributed by atoms with van der Waals surface area (Å²) in [5.74, 6) is 2.01. The molecule has 5 heterocycles. The van der Waals surface area contributed by atoms with Gasteiger partial charge in [0.1, 0.15) is 19.3 Å². The van der Waals surface area contributed by atoms with Crippen LogP contribution in [-0.4, -0.2) is 61.4 Å². The van der Waals surface area contributed by atoms with Crippen LogP contribution in [-0.2, 0) is 11.2 Å². The maximum absolute atomic E-state index is 13.5. The van der Waals surface area contributed by atoms with Crippen LogP contribution in [0.15, 0.2) is 42.5 Å². The minimum Gasteiger partial charge on any atom is -0.486 e. The van der Waals surface area contributed by atoms with Crippen LogP contribution in [0.3, 0.4) is 0 Å². The second kappa shape index (κ2) is 7.75. The van der Waals surface area contributed by atoms with E-state index in [1.807, 2.05) is 23.1 Å². The van der Waals surface area contributed by atoms with Crippen molar-refractivity contribution in [2.24, 2.45) is 5.92 Å². The number of ether oxygens (including phenoxy) is 3. The van der Waals surface area contributed by atoms with Gasteiger partial charge in [-0.2, -0.15) is 0 Å². The number of fused-ring (bicyclic) bond motifs is 5. The van der Waals surface area contributed by atoms with Crippen LogP contribution in [0, 0.1) is 5.92 Å². The molecule has 5 aliphatic heterocycles. The lowest BCUT2D eigenvalue weighted by molar-refractivity contribution is -0.0462. The molecule has 31 heavy (non-hydrogen) atoms. The lowest BCUT2D eigenvalue weighted by Crippen LogP contribution is -2.53. The van der Waals surface area contributed by atoms with Crippen molar-refractivity contribution in [3.8, 4) is 11.5 Å². The van der Waals surface area contributed by atoms with Crippen LogP contribution >= 0.6 is 0 Å². The van der Waals surface area contributed by atoms with E-state index in [-0.39, 0.29) is 18.2 Å². The Labute approximate surface area is 182 Å². The van der Waals surface area contributed by atoms with Gasteiger partial charge in [-0.05, 0) is 67.1 Å². The number of benzene rings is 2. The zero-order chi connectivity index (χ0) is 20.8. The Morgan fingerprint density at radius 3 is 2.58 bits per heavy atom. The number of piperidine rings is 3. The highest BCUT2D eigenvalue weighted by Gasteiger charge is 2.39. The molecule has 162 valence electrons. The molecule has 0 radical (unpaired) electrons. The Morgan fingerprint density at radius 2 is 1.77 bits per heavy atom.